The average molecular weight is 268 g/mol. The third-order valence-corrected chi connectivity index (χ3v) is 2.48. The minimum atomic E-state index is -4.33. The largest absolute Gasteiger partial charge is 0.416 e. The van der Waals surface area contributed by atoms with Gasteiger partial charge in [-0.2, -0.15) is 13.2 Å². The standard InChI is InChI=1S/C11H12F3NO.ClH/c12-11(13,14)9-5-2-1-4-8(9)10-15-6-3-7-16-10;/h1-2,4-5,10,15H,3,6-7H2;1H. The third kappa shape index (κ3) is 3.34. The molecule has 1 unspecified atom stereocenters. The van der Waals surface area contributed by atoms with Gasteiger partial charge in [-0.05, 0) is 12.5 Å². The number of hydrogen-bond donors (Lipinski definition) is 1. The van der Waals surface area contributed by atoms with Gasteiger partial charge in [0.25, 0.3) is 0 Å². The van der Waals surface area contributed by atoms with Gasteiger partial charge in [0.15, 0.2) is 0 Å². The molecule has 0 bridgehead atoms. The molecule has 0 amide bonds. The van der Waals surface area contributed by atoms with Crippen molar-refractivity contribution in [2.45, 2.75) is 18.8 Å². The maximum atomic E-state index is 12.7. The fourth-order valence-corrected chi connectivity index (χ4v) is 1.75. The van der Waals surface area contributed by atoms with E-state index >= 15 is 0 Å². The van der Waals surface area contributed by atoms with E-state index in [-0.39, 0.29) is 18.0 Å². The van der Waals surface area contributed by atoms with Gasteiger partial charge < -0.3 is 4.74 Å². The number of halogens is 4. The Hall–Kier alpha value is -0.780. The van der Waals surface area contributed by atoms with Gasteiger partial charge in [-0.25, -0.2) is 0 Å². The monoisotopic (exact) mass is 267 g/mol. The minimum absolute atomic E-state index is 0. The van der Waals surface area contributed by atoms with Crippen LogP contribution in [0.15, 0.2) is 24.3 Å². The van der Waals surface area contributed by atoms with E-state index in [9.17, 15) is 13.2 Å². The molecular formula is C11H13ClF3NO. The number of alkyl halides is 3. The number of benzene rings is 1. The highest BCUT2D eigenvalue weighted by Gasteiger charge is 2.35. The maximum absolute atomic E-state index is 12.7. The van der Waals surface area contributed by atoms with Crippen LogP contribution in [0.3, 0.4) is 0 Å². The van der Waals surface area contributed by atoms with Crippen molar-refractivity contribution in [2.24, 2.45) is 0 Å². The molecule has 0 radical (unpaired) electrons. The Labute approximate surface area is 104 Å². The zero-order chi connectivity index (χ0) is 11.6. The Kier molecular flexibility index (Phi) is 4.80. The molecule has 1 atom stereocenters. The second kappa shape index (κ2) is 5.71. The van der Waals surface area contributed by atoms with E-state index in [2.05, 4.69) is 5.32 Å². The predicted octanol–water partition coefficient (Wildman–Crippen LogP) is 3.14. The molecule has 1 saturated heterocycles. The quantitative estimate of drug-likeness (QED) is 0.844. The van der Waals surface area contributed by atoms with Gasteiger partial charge in [-0.15, -0.1) is 12.4 Å². The zero-order valence-corrected chi connectivity index (χ0v) is 9.77. The molecule has 1 fully saturated rings. The van der Waals surface area contributed by atoms with Crippen molar-refractivity contribution >= 4 is 12.4 Å². The van der Waals surface area contributed by atoms with Crippen LogP contribution in [0.25, 0.3) is 0 Å². The summed E-state index contributed by atoms with van der Waals surface area (Å²) in [6.45, 7) is 1.17. The van der Waals surface area contributed by atoms with Crippen LogP contribution in [0.5, 0.6) is 0 Å². The molecule has 2 rings (SSSR count). The molecule has 0 aromatic heterocycles. The summed E-state index contributed by atoms with van der Waals surface area (Å²) in [6, 6.07) is 5.50. The molecule has 17 heavy (non-hydrogen) atoms. The highest BCUT2D eigenvalue weighted by molar-refractivity contribution is 5.85. The Balaban J connectivity index is 0.00000144. The summed E-state index contributed by atoms with van der Waals surface area (Å²) in [5, 5.41) is 2.93. The van der Waals surface area contributed by atoms with Crippen LogP contribution in [-0.4, -0.2) is 13.2 Å². The second-order valence-electron chi connectivity index (χ2n) is 3.64. The number of nitrogens with one attached hydrogen (secondary N) is 1. The first kappa shape index (κ1) is 14.3. The highest BCUT2D eigenvalue weighted by atomic mass is 35.5. The smallest absolute Gasteiger partial charge is 0.359 e. The van der Waals surface area contributed by atoms with Gasteiger partial charge in [0, 0.05) is 12.1 Å². The molecule has 1 aliphatic heterocycles. The summed E-state index contributed by atoms with van der Waals surface area (Å²) in [7, 11) is 0. The lowest BCUT2D eigenvalue weighted by atomic mass is 10.1. The molecule has 1 heterocycles. The molecule has 2 nitrogen and oxygen atoms in total. The van der Waals surface area contributed by atoms with E-state index in [1.807, 2.05) is 0 Å². The minimum Gasteiger partial charge on any atom is -0.359 e. The molecule has 0 spiro atoms. The molecular weight excluding hydrogens is 255 g/mol. The second-order valence-corrected chi connectivity index (χ2v) is 3.64. The maximum Gasteiger partial charge on any atom is 0.416 e. The summed E-state index contributed by atoms with van der Waals surface area (Å²) in [4.78, 5) is 0. The van der Waals surface area contributed by atoms with E-state index < -0.39 is 18.0 Å². The predicted molar refractivity (Wildman–Crippen MR) is 60.0 cm³/mol. The molecule has 6 heteroatoms. The lowest BCUT2D eigenvalue weighted by molar-refractivity contribution is -0.140. The van der Waals surface area contributed by atoms with Gasteiger partial charge in [0.1, 0.15) is 6.23 Å². The van der Waals surface area contributed by atoms with Crippen LogP contribution in [0, 0.1) is 0 Å². The normalized spacial score (nSPS) is 20.8. The highest BCUT2D eigenvalue weighted by Crippen LogP contribution is 2.35. The fraction of sp³-hybridized carbons (Fsp3) is 0.455. The molecule has 1 aliphatic rings. The number of ether oxygens (including phenoxy) is 1. The Morgan fingerprint density at radius 1 is 1.24 bits per heavy atom. The van der Waals surface area contributed by atoms with Crippen molar-refractivity contribution in [2.75, 3.05) is 13.2 Å². The third-order valence-electron chi connectivity index (χ3n) is 2.48. The molecule has 96 valence electrons. The van der Waals surface area contributed by atoms with Crippen LogP contribution < -0.4 is 5.32 Å². The summed E-state index contributed by atoms with van der Waals surface area (Å²) in [6.07, 6.45) is -4.16. The van der Waals surface area contributed by atoms with Crippen molar-refractivity contribution in [1.29, 1.82) is 0 Å². The summed E-state index contributed by atoms with van der Waals surface area (Å²) < 4.78 is 43.4. The number of hydrogen-bond acceptors (Lipinski definition) is 2. The van der Waals surface area contributed by atoms with Gasteiger partial charge in [0.05, 0.1) is 12.2 Å². The van der Waals surface area contributed by atoms with Crippen molar-refractivity contribution in [3.8, 4) is 0 Å². The molecule has 1 aromatic carbocycles. The van der Waals surface area contributed by atoms with E-state index in [1.54, 1.807) is 6.07 Å². The first-order valence-electron chi connectivity index (χ1n) is 5.10. The lowest BCUT2D eigenvalue weighted by Crippen LogP contribution is -2.32. The van der Waals surface area contributed by atoms with E-state index in [4.69, 9.17) is 4.74 Å². The summed E-state index contributed by atoms with van der Waals surface area (Å²) >= 11 is 0. The van der Waals surface area contributed by atoms with Crippen LogP contribution in [0.1, 0.15) is 23.8 Å². The Morgan fingerprint density at radius 2 is 1.94 bits per heavy atom. The molecule has 0 saturated carbocycles. The number of rotatable bonds is 1. The Morgan fingerprint density at radius 3 is 2.53 bits per heavy atom. The van der Waals surface area contributed by atoms with Gasteiger partial charge in [-0.1, -0.05) is 18.2 Å². The fourth-order valence-electron chi connectivity index (χ4n) is 1.75. The van der Waals surface area contributed by atoms with Crippen LogP contribution >= 0.6 is 12.4 Å². The van der Waals surface area contributed by atoms with Crippen molar-refractivity contribution < 1.29 is 17.9 Å². The lowest BCUT2D eigenvalue weighted by Gasteiger charge is -2.26. The van der Waals surface area contributed by atoms with Crippen LogP contribution in [0.4, 0.5) is 13.2 Å². The van der Waals surface area contributed by atoms with Gasteiger partial charge in [0.2, 0.25) is 0 Å². The van der Waals surface area contributed by atoms with Crippen molar-refractivity contribution in [3.05, 3.63) is 35.4 Å². The van der Waals surface area contributed by atoms with Crippen molar-refractivity contribution in [3.63, 3.8) is 0 Å². The Bertz CT molecular complexity index is 364. The van der Waals surface area contributed by atoms with E-state index in [0.717, 1.165) is 12.5 Å². The molecule has 1 N–H and O–H groups in total. The SMILES string of the molecule is Cl.FC(F)(F)c1ccccc1C1NCCCO1. The summed E-state index contributed by atoms with van der Waals surface area (Å²) in [5.74, 6) is 0. The average Bonchev–Trinajstić information content (AvgIpc) is 2.29. The van der Waals surface area contributed by atoms with Crippen LogP contribution in [0.2, 0.25) is 0 Å². The van der Waals surface area contributed by atoms with Gasteiger partial charge >= 0.3 is 6.18 Å². The topological polar surface area (TPSA) is 21.3 Å². The van der Waals surface area contributed by atoms with E-state index in [1.165, 1.54) is 12.1 Å². The van der Waals surface area contributed by atoms with Gasteiger partial charge in [-0.3, -0.25) is 5.32 Å². The summed E-state index contributed by atoms with van der Waals surface area (Å²) in [5.41, 5.74) is -0.468. The molecule has 0 aliphatic carbocycles. The zero-order valence-electron chi connectivity index (χ0n) is 8.96. The van der Waals surface area contributed by atoms with Crippen molar-refractivity contribution in [1.82, 2.24) is 5.32 Å². The van der Waals surface area contributed by atoms with Crippen LogP contribution in [-0.2, 0) is 10.9 Å². The first-order chi connectivity index (χ1) is 7.59. The first-order valence-corrected chi connectivity index (χ1v) is 5.10. The van der Waals surface area contributed by atoms with E-state index in [0.29, 0.717) is 13.2 Å². The molecule has 1 aromatic rings.